The van der Waals surface area contributed by atoms with Gasteiger partial charge in [0.2, 0.25) is 0 Å². The van der Waals surface area contributed by atoms with Crippen LogP contribution in [0.1, 0.15) is 39.5 Å². The maximum Gasteiger partial charge on any atom is 0.0791 e. The lowest BCUT2D eigenvalue weighted by atomic mass is 10.2. The monoisotopic (exact) mass is 214 g/mol. The van der Waals surface area contributed by atoms with E-state index >= 15 is 0 Å². The highest BCUT2D eigenvalue weighted by molar-refractivity contribution is 4.82. The smallest absolute Gasteiger partial charge is 0.0791 e. The maximum absolute atomic E-state index is 9.85. The molecule has 0 saturated heterocycles. The third kappa shape index (κ3) is 6.13. The number of rotatable bonds is 9. The summed E-state index contributed by atoms with van der Waals surface area (Å²) in [6, 6.07) is 0.699. The van der Waals surface area contributed by atoms with Crippen LogP contribution in [0.2, 0.25) is 0 Å². The van der Waals surface area contributed by atoms with Crippen LogP contribution >= 0.6 is 0 Å². The van der Waals surface area contributed by atoms with E-state index in [0.29, 0.717) is 6.04 Å². The molecule has 0 bridgehead atoms. The van der Waals surface area contributed by atoms with Crippen molar-refractivity contribution in [3.8, 4) is 0 Å². The zero-order valence-electron chi connectivity index (χ0n) is 10.2. The van der Waals surface area contributed by atoms with E-state index in [1.54, 1.807) is 0 Å². The van der Waals surface area contributed by atoms with Gasteiger partial charge in [-0.3, -0.25) is 0 Å². The van der Waals surface area contributed by atoms with Crippen LogP contribution in [0.5, 0.6) is 0 Å². The highest BCUT2D eigenvalue weighted by atomic mass is 16.3. The summed E-state index contributed by atoms with van der Waals surface area (Å²) in [7, 11) is 0. The van der Waals surface area contributed by atoms with Gasteiger partial charge in [-0.1, -0.05) is 13.8 Å². The number of hydrogen-bond acceptors (Lipinski definition) is 3. The lowest BCUT2D eigenvalue weighted by Gasteiger charge is -2.24. The summed E-state index contributed by atoms with van der Waals surface area (Å²) in [6.45, 7) is 8.17. The van der Waals surface area contributed by atoms with Gasteiger partial charge in [-0.2, -0.15) is 0 Å². The van der Waals surface area contributed by atoms with Gasteiger partial charge in [0.05, 0.1) is 6.10 Å². The summed E-state index contributed by atoms with van der Waals surface area (Å²) in [4.78, 5) is 2.36. The zero-order valence-corrected chi connectivity index (χ0v) is 10.2. The standard InChI is InChI=1S/C12H26N2O/c1-3-7-14(8-4-2)10-12(15)9-13-11-5-6-11/h11-13,15H,3-10H2,1-2H3. The lowest BCUT2D eigenvalue weighted by molar-refractivity contribution is 0.111. The largest absolute Gasteiger partial charge is 0.390 e. The van der Waals surface area contributed by atoms with Gasteiger partial charge in [-0.15, -0.1) is 0 Å². The van der Waals surface area contributed by atoms with Crippen molar-refractivity contribution in [2.24, 2.45) is 0 Å². The molecule has 0 aromatic carbocycles. The van der Waals surface area contributed by atoms with Crippen LogP contribution in [0.4, 0.5) is 0 Å². The van der Waals surface area contributed by atoms with Crippen LogP contribution in [0, 0.1) is 0 Å². The fraction of sp³-hybridized carbons (Fsp3) is 1.00. The highest BCUT2D eigenvalue weighted by Gasteiger charge is 2.21. The molecule has 1 atom stereocenters. The molecule has 1 saturated carbocycles. The van der Waals surface area contributed by atoms with Crippen LogP contribution in [-0.4, -0.2) is 48.3 Å². The van der Waals surface area contributed by atoms with Crippen molar-refractivity contribution in [2.75, 3.05) is 26.2 Å². The molecule has 0 amide bonds. The molecule has 0 aliphatic heterocycles. The van der Waals surface area contributed by atoms with Gasteiger partial charge in [-0.25, -0.2) is 0 Å². The first-order valence-electron chi connectivity index (χ1n) is 6.40. The molecule has 0 radical (unpaired) electrons. The predicted molar refractivity (Wildman–Crippen MR) is 64.1 cm³/mol. The third-order valence-corrected chi connectivity index (χ3v) is 2.77. The quantitative estimate of drug-likeness (QED) is 0.606. The number of nitrogens with one attached hydrogen (secondary N) is 1. The molecule has 0 spiro atoms. The Morgan fingerprint density at radius 3 is 2.33 bits per heavy atom. The molecule has 90 valence electrons. The molecule has 15 heavy (non-hydrogen) atoms. The highest BCUT2D eigenvalue weighted by Crippen LogP contribution is 2.18. The molecule has 1 rings (SSSR count). The van der Waals surface area contributed by atoms with E-state index in [9.17, 15) is 5.11 Å². The molecule has 0 aromatic rings. The second kappa shape index (κ2) is 7.20. The molecular weight excluding hydrogens is 188 g/mol. The molecule has 3 nitrogen and oxygen atoms in total. The van der Waals surface area contributed by atoms with Crippen molar-refractivity contribution in [1.29, 1.82) is 0 Å². The van der Waals surface area contributed by atoms with Crippen LogP contribution < -0.4 is 5.32 Å². The van der Waals surface area contributed by atoms with Crippen LogP contribution in [-0.2, 0) is 0 Å². The number of nitrogens with zero attached hydrogens (tertiary/aromatic N) is 1. The van der Waals surface area contributed by atoms with Crippen molar-refractivity contribution < 1.29 is 5.11 Å². The Hall–Kier alpha value is -0.120. The molecule has 1 fully saturated rings. The SMILES string of the molecule is CCCN(CCC)CC(O)CNC1CC1. The van der Waals surface area contributed by atoms with E-state index in [1.165, 1.54) is 25.7 Å². The second-order valence-corrected chi connectivity index (χ2v) is 4.64. The van der Waals surface area contributed by atoms with Crippen molar-refractivity contribution in [2.45, 2.75) is 51.7 Å². The van der Waals surface area contributed by atoms with Gasteiger partial charge in [0.15, 0.2) is 0 Å². The van der Waals surface area contributed by atoms with Gasteiger partial charge in [0, 0.05) is 19.1 Å². The van der Waals surface area contributed by atoms with Crippen molar-refractivity contribution in [3.63, 3.8) is 0 Å². The van der Waals surface area contributed by atoms with Crippen LogP contribution in [0.15, 0.2) is 0 Å². The molecule has 1 aliphatic rings. The minimum Gasteiger partial charge on any atom is -0.390 e. The summed E-state index contributed by atoms with van der Waals surface area (Å²) in [6.07, 6.45) is 4.72. The molecule has 2 N–H and O–H groups in total. The Kier molecular flexibility index (Phi) is 6.22. The Balaban J connectivity index is 2.09. The molecule has 3 heteroatoms. The van der Waals surface area contributed by atoms with Crippen molar-refractivity contribution in [3.05, 3.63) is 0 Å². The van der Waals surface area contributed by atoms with Crippen LogP contribution in [0.25, 0.3) is 0 Å². The first kappa shape index (κ1) is 12.9. The van der Waals surface area contributed by atoms with Gasteiger partial charge < -0.3 is 15.3 Å². The average molecular weight is 214 g/mol. The van der Waals surface area contributed by atoms with Crippen LogP contribution in [0.3, 0.4) is 0 Å². The first-order valence-corrected chi connectivity index (χ1v) is 6.40. The fourth-order valence-corrected chi connectivity index (χ4v) is 1.88. The number of hydrogen-bond donors (Lipinski definition) is 2. The van der Waals surface area contributed by atoms with Crippen molar-refractivity contribution in [1.82, 2.24) is 10.2 Å². The first-order chi connectivity index (χ1) is 7.26. The van der Waals surface area contributed by atoms with E-state index in [-0.39, 0.29) is 6.10 Å². The summed E-state index contributed by atoms with van der Waals surface area (Å²) in [5.41, 5.74) is 0. The molecule has 0 heterocycles. The van der Waals surface area contributed by atoms with Gasteiger partial charge in [-0.05, 0) is 38.8 Å². The Labute approximate surface area is 93.9 Å². The molecule has 0 aromatic heterocycles. The van der Waals surface area contributed by atoms with E-state index < -0.39 is 0 Å². The van der Waals surface area contributed by atoms with Gasteiger partial charge in [0.1, 0.15) is 0 Å². The summed E-state index contributed by atoms with van der Waals surface area (Å²) < 4.78 is 0. The Bertz CT molecular complexity index is 154. The minimum atomic E-state index is -0.205. The topological polar surface area (TPSA) is 35.5 Å². The van der Waals surface area contributed by atoms with Gasteiger partial charge in [0.25, 0.3) is 0 Å². The lowest BCUT2D eigenvalue weighted by Crippen LogP contribution is -2.39. The van der Waals surface area contributed by atoms with Gasteiger partial charge >= 0.3 is 0 Å². The number of aliphatic hydroxyl groups excluding tert-OH is 1. The zero-order chi connectivity index (χ0) is 11.1. The summed E-state index contributed by atoms with van der Waals surface area (Å²) in [5.74, 6) is 0. The van der Waals surface area contributed by atoms with E-state index in [1.807, 2.05) is 0 Å². The predicted octanol–water partition coefficient (Wildman–Crippen LogP) is 1.22. The molecular formula is C12H26N2O. The Morgan fingerprint density at radius 2 is 1.87 bits per heavy atom. The maximum atomic E-state index is 9.85. The molecule has 1 unspecified atom stereocenters. The third-order valence-electron chi connectivity index (χ3n) is 2.77. The van der Waals surface area contributed by atoms with E-state index in [4.69, 9.17) is 0 Å². The van der Waals surface area contributed by atoms with E-state index in [0.717, 1.165) is 26.2 Å². The van der Waals surface area contributed by atoms with E-state index in [2.05, 4.69) is 24.1 Å². The Morgan fingerprint density at radius 1 is 1.27 bits per heavy atom. The summed E-state index contributed by atoms with van der Waals surface area (Å²) in [5, 5.41) is 13.2. The fourth-order valence-electron chi connectivity index (χ4n) is 1.88. The van der Waals surface area contributed by atoms with Crippen molar-refractivity contribution >= 4 is 0 Å². The summed E-state index contributed by atoms with van der Waals surface area (Å²) >= 11 is 0. The normalized spacial score (nSPS) is 18.4. The number of aliphatic hydroxyl groups is 1. The second-order valence-electron chi connectivity index (χ2n) is 4.64. The molecule has 1 aliphatic carbocycles. The minimum absolute atomic E-state index is 0.205. The average Bonchev–Trinajstić information content (AvgIpc) is 2.99.